The van der Waals surface area contributed by atoms with Gasteiger partial charge in [0.2, 0.25) is 0 Å². The molecule has 1 amide bonds. The number of ether oxygens (including phenoxy) is 1. The molecule has 26 heavy (non-hydrogen) atoms. The van der Waals surface area contributed by atoms with Crippen LogP contribution in [-0.2, 0) is 24.5 Å². The van der Waals surface area contributed by atoms with Gasteiger partial charge in [-0.25, -0.2) is 4.79 Å². The quantitative estimate of drug-likeness (QED) is 0.636. The topological polar surface area (TPSA) is 75.0 Å². The standard InChI is InChI=1S/C15H23F3N6O2/c1-4-26-14(25)24-7-5-23(6-8-24)13(19-2)20-9-11-10-22(3)21-12(11)15(16,17)18/h10H,4-9H2,1-3H3,(H,19,20). The van der Waals surface area contributed by atoms with Crippen molar-refractivity contribution >= 4 is 12.1 Å². The molecule has 1 aliphatic rings. The van der Waals surface area contributed by atoms with Crippen molar-refractivity contribution in [1.82, 2.24) is 24.9 Å². The van der Waals surface area contributed by atoms with Crippen molar-refractivity contribution in [2.45, 2.75) is 19.6 Å². The highest BCUT2D eigenvalue weighted by Crippen LogP contribution is 2.30. The molecule has 0 radical (unpaired) electrons. The van der Waals surface area contributed by atoms with E-state index in [-0.39, 0.29) is 18.2 Å². The number of alkyl halides is 3. The molecule has 0 unspecified atom stereocenters. The fraction of sp³-hybridized carbons (Fsp3) is 0.667. The van der Waals surface area contributed by atoms with Crippen molar-refractivity contribution < 1.29 is 22.7 Å². The van der Waals surface area contributed by atoms with Crippen LogP contribution in [0.2, 0.25) is 0 Å². The van der Waals surface area contributed by atoms with Crippen molar-refractivity contribution in [3.8, 4) is 0 Å². The molecule has 1 aliphatic heterocycles. The molecule has 0 saturated carbocycles. The van der Waals surface area contributed by atoms with Gasteiger partial charge in [0.05, 0.1) is 6.61 Å². The van der Waals surface area contributed by atoms with Gasteiger partial charge >= 0.3 is 12.3 Å². The van der Waals surface area contributed by atoms with Crippen LogP contribution in [0.15, 0.2) is 11.2 Å². The summed E-state index contributed by atoms with van der Waals surface area (Å²) in [6, 6.07) is 0. The first-order valence-corrected chi connectivity index (χ1v) is 8.23. The summed E-state index contributed by atoms with van der Waals surface area (Å²) in [7, 11) is 3.01. The molecule has 1 N–H and O–H groups in total. The molecule has 11 heteroatoms. The Morgan fingerprint density at radius 2 is 1.92 bits per heavy atom. The zero-order chi connectivity index (χ0) is 19.3. The average Bonchev–Trinajstić information content (AvgIpc) is 2.97. The number of nitrogens with one attached hydrogen (secondary N) is 1. The molecule has 1 aromatic heterocycles. The number of guanidine groups is 1. The lowest BCUT2D eigenvalue weighted by Crippen LogP contribution is -2.53. The second kappa shape index (κ2) is 8.28. The van der Waals surface area contributed by atoms with E-state index in [1.807, 2.05) is 4.90 Å². The Hall–Kier alpha value is -2.46. The Morgan fingerprint density at radius 1 is 1.31 bits per heavy atom. The third-order valence-electron chi connectivity index (χ3n) is 3.93. The van der Waals surface area contributed by atoms with Crippen LogP contribution in [0.3, 0.4) is 0 Å². The monoisotopic (exact) mass is 376 g/mol. The molecule has 0 bridgehead atoms. The number of piperazine rings is 1. The zero-order valence-electron chi connectivity index (χ0n) is 15.0. The highest BCUT2D eigenvalue weighted by atomic mass is 19.4. The van der Waals surface area contributed by atoms with Gasteiger partial charge in [0, 0.05) is 58.6 Å². The Bertz CT molecular complexity index is 650. The molecule has 8 nitrogen and oxygen atoms in total. The van der Waals surface area contributed by atoms with Crippen molar-refractivity contribution in [1.29, 1.82) is 0 Å². The SMILES string of the molecule is CCOC(=O)N1CCN(C(=NC)NCc2cn(C)nc2C(F)(F)F)CC1. The zero-order valence-corrected chi connectivity index (χ0v) is 15.0. The molecule has 2 heterocycles. The summed E-state index contributed by atoms with van der Waals surface area (Å²) in [5, 5.41) is 6.42. The van der Waals surface area contributed by atoms with Gasteiger partial charge in [0.1, 0.15) is 0 Å². The maximum absolute atomic E-state index is 13.0. The van der Waals surface area contributed by atoms with E-state index in [9.17, 15) is 18.0 Å². The number of aliphatic imine (C=N–C) groups is 1. The molecule has 146 valence electrons. The van der Waals surface area contributed by atoms with Gasteiger partial charge < -0.3 is 19.9 Å². The number of aryl methyl sites for hydroxylation is 1. The number of amides is 1. The number of nitrogens with zero attached hydrogens (tertiary/aromatic N) is 5. The molecular formula is C15H23F3N6O2. The predicted molar refractivity (Wildman–Crippen MR) is 88.6 cm³/mol. The average molecular weight is 376 g/mol. The minimum absolute atomic E-state index is 0.0475. The molecular weight excluding hydrogens is 353 g/mol. The van der Waals surface area contributed by atoms with Crippen LogP contribution in [0.5, 0.6) is 0 Å². The van der Waals surface area contributed by atoms with Crippen LogP contribution in [-0.4, -0.2) is 71.5 Å². The van der Waals surface area contributed by atoms with Gasteiger partial charge in [-0.2, -0.15) is 18.3 Å². The van der Waals surface area contributed by atoms with Gasteiger partial charge in [-0.05, 0) is 6.92 Å². The summed E-state index contributed by atoms with van der Waals surface area (Å²) in [5.74, 6) is 0.477. The van der Waals surface area contributed by atoms with Crippen LogP contribution in [0.4, 0.5) is 18.0 Å². The second-order valence-electron chi connectivity index (χ2n) is 5.75. The number of rotatable bonds is 3. The minimum Gasteiger partial charge on any atom is -0.450 e. The van der Waals surface area contributed by atoms with Crippen molar-refractivity contribution in [2.24, 2.45) is 12.0 Å². The van der Waals surface area contributed by atoms with Crippen LogP contribution >= 0.6 is 0 Å². The molecule has 1 saturated heterocycles. The van der Waals surface area contributed by atoms with Crippen molar-refractivity contribution in [3.63, 3.8) is 0 Å². The summed E-state index contributed by atoms with van der Waals surface area (Å²) in [6.07, 6.45) is -3.53. The number of aromatic nitrogens is 2. The number of halogens is 3. The third-order valence-corrected chi connectivity index (χ3v) is 3.93. The predicted octanol–water partition coefficient (Wildman–Crippen LogP) is 1.29. The summed E-state index contributed by atoms with van der Waals surface area (Å²) in [4.78, 5) is 19.3. The fourth-order valence-corrected chi connectivity index (χ4v) is 2.73. The Morgan fingerprint density at radius 3 is 2.46 bits per heavy atom. The van der Waals surface area contributed by atoms with Crippen molar-refractivity contribution in [2.75, 3.05) is 39.8 Å². The summed E-state index contributed by atoms with van der Waals surface area (Å²) in [6.45, 7) is 3.95. The largest absolute Gasteiger partial charge is 0.450 e. The summed E-state index contributed by atoms with van der Waals surface area (Å²) >= 11 is 0. The highest BCUT2D eigenvalue weighted by molar-refractivity contribution is 5.80. The van der Waals surface area contributed by atoms with Gasteiger partial charge in [-0.15, -0.1) is 0 Å². The summed E-state index contributed by atoms with van der Waals surface area (Å²) in [5.41, 5.74) is -0.860. The van der Waals surface area contributed by atoms with Gasteiger partial charge in [-0.3, -0.25) is 9.67 Å². The maximum Gasteiger partial charge on any atom is 0.435 e. The van der Waals surface area contributed by atoms with Gasteiger partial charge in [0.15, 0.2) is 11.7 Å². The van der Waals surface area contributed by atoms with Crippen LogP contribution in [0.1, 0.15) is 18.2 Å². The number of carbonyl (C=O) groups excluding carboxylic acids is 1. The number of hydrogen-bond donors (Lipinski definition) is 1. The van der Waals surface area contributed by atoms with Gasteiger partial charge in [0.25, 0.3) is 0 Å². The lowest BCUT2D eigenvalue weighted by molar-refractivity contribution is -0.142. The maximum atomic E-state index is 13.0. The van der Waals surface area contributed by atoms with E-state index < -0.39 is 11.9 Å². The van der Waals surface area contributed by atoms with E-state index in [1.54, 1.807) is 18.9 Å². The van der Waals surface area contributed by atoms with Crippen LogP contribution in [0.25, 0.3) is 0 Å². The van der Waals surface area contributed by atoms with E-state index in [1.165, 1.54) is 13.2 Å². The molecule has 0 atom stereocenters. The molecule has 0 spiro atoms. The van der Waals surface area contributed by atoms with E-state index in [0.717, 1.165) is 4.68 Å². The van der Waals surface area contributed by atoms with E-state index >= 15 is 0 Å². The Balaban J connectivity index is 1.95. The normalized spacial score (nSPS) is 16.0. The highest BCUT2D eigenvalue weighted by Gasteiger charge is 2.37. The van der Waals surface area contributed by atoms with E-state index in [0.29, 0.717) is 38.7 Å². The van der Waals surface area contributed by atoms with Gasteiger partial charge in [-0.1, -0.05) is 0 Å². The van der Waals surface area contributed by atoms with Crippen LogP contribution < -0.4 is 5.32 Å². The van der Waals surface area contributed by atoms with Crippen molar-refractivity contribution in [3.05, 3.63) is 17.5 Å². The van der Waals surface area contributed by atoms with E-state index in [2.05, 4.69) is 15.4 Å². The van der Waals surface area contributed by atoms with E-state index in [4.69, 9.17) is 4.74 Å². The third kappa shape index (κ3) is 4.79. The fourth-order valence-electron chi connectivity index (χ4n) is 2.73. The lowest BCUT2D eigenvalue weighted by Gasteiger charge is -2.35. The molecule has 0 aromatic carbocycles. The first kappa shape index (κ1) is 19.9. The lowest BCUT2D eigenvalue weighted by atomic mass is 10.2. The van der Waals surface area contributed by atoms with Crippen LogP contribution in [0, 0.1) is 0 Å². The second-order valence-corrected chi connectivity index (χ2v) is 5.75. The Kier molecular flexibility index (Phi) is 6.32. The Labute approximate surface area is 149 Å². The summed E-state index contributed by atoms with van der Waals surface area (Å²) < 4.78 is 45.1. The number of hydrogen-bond acceptors (Lipinski definition) is 4. The molecule has 1 fully saturated rings. The molecule has 2 rings (SSSR count). The smallest absolute Gasteiger partial charge is 0.435 e. The first-order chi connectivity index (χ1) is 12.3. The number of carbonyl (C=O) groups is 1. The first-order valence-electron chi connectivity index (χ1n) is 8.23. The molecule has 0 aliphatic carbocycles. The minimum atomic E-state index is -4.51. The molecule has 1 aromatic rings.